The van der Waals surface area contributed by atoms with Gasteiger partial charge in [0.1, 0.15) is 5.25 Å². The predicted molar refractivity (Wildman–Crippen MR) is 56.4 cm³/mol. The Morgan fingerprint density at radius 1 is 1.12 bits per heavy atom. The minimum absolute atomic E-state index is 0.363. The summed E-state index contributed by atoms with van der Waals surface area (Å²) in [6.45, 7) is 0. The number of halogens is 2. The van der Waals surface area contributed by atoms with E-state index in [1.165, 1.54) is 0 Å². The van der Waals surface area contributed by atoms with E-state index in [2.05, 4.69) is 0 Å². The van der Waals surface area contributed by atoms with E-state index in [1.54, 1.807) is 0 Å². The highest BCUT2D eigenvalue weighted by molar-refractivity contribution is 7.84. The van der Waals surface area contributed by atoms with Gasteiger partial charge in [-0.2, -0.15) is 0 Å². The molecule has 0 N–H and O–H groups in total. The molecule has 10 heteroatoms. The highest BCUT2D eigenvalue weighted by Gasteiger charge is 2.29. The molecule has 6 nitrogen and oxygen atoms in total. The Hall–Kier alpha value is 0.140. The van der Waals surface area contributed by atoms with Crippen LogP contribution in [0.4, 0.5) is 0 Å². The lowest BCUT2D eigenvalue weighted by Crippen LogP contribution is -2.38. The van der Waals surface area contributed by atoms with Crippen LogP contribution in [0, 0.1) is 0 Å². The first-order valence-corrected chi connectivity index (χ1v) is 6.84. The zero-order valence-electron chi connectivity index (χ0n) is 7.59. The summed E-state index contributed by atoms with van der Waals surface area (Å²) in [7, 11) is 0. The minimum Gasteiger partial charge on any atom is -0.772 e. The van der Waals surface area contributed by atoms with Gasteiger partial charge in [-0.15, -0.1) is 0 Å². The third-order valence-corrected chi connectivity index (χ3v) is 4.33. The van der Waals surface area contributed by atoms with E-state index in [9.17, 15) is 27.1 Å². The summed E-state index contributed by atoms with van der Waals surface area (Å²) in [5.74, 6) is 0. The lowest BCUT2D eigenvalue weighted by Gasteiger charge is -2.27. The van der Waals surface area contributed by atoms with E-state index in [0.29, 0.717) is 0 Å². The molecular weight excluding hydrogens is 303 g/mol. The molecule has 0 rings (SSSR count). The summed E-state index contributed by atoms with van der Waals surface area (Å²) in [6, 6.07) is 0. The summed E-state index contributed by atoms with van der Waals surface area (Å²) >= 11 is 4.12. The highest BCUT2D eigenvalue weighted by atomic mass is 35.5. The third-order valence-electron chi connectivity index (χ3n) is 1.64. The van der Waals surface area contributed by atoms with Crippen molar-refractivity contribution in [3.05, 3.63) is 0 Å². The Labute approximate surface area is 106 Å². The summed E-state index contributed by atoms with van der Waals surface area (Å²) in [5, 5.41) is -5.61. The number of hydrogen-bond donors (Lipinski definition) is 0. The molecule has 4 unspecified atom stereocenters. The Balaban J connectivity index is 4.86. The Morgan fingerprint density at radius 3 is 1.88 bits per heavy atom. The fourth-order valence-electron chi connectivity index (χ4n) is 0.950. The highest BCUT2D eigenvalue weighted by Crippen LogP contribution is 2.16. The van der Waals surface area contributed by atoms with Gasteiger partial charge in [-0.1, -0.05) is 11.1 Å². The second-order valence-corrected chi connectivity index (χ2v) is 5.63. The third kappa shape index (κ3) is 5.46. The second-order valence-electron chi connectivity index (χ2n) is 2.68. The van der Waals surface area contributed by atoms with Crippen molar-refractivity contribution < 1.29 is 27.1 Å². The van der Waals surface area contributed by atoms with Crippen LogP contribution in [0.3, 0.4) is 0 Å². The molecule has 0 aromatic heterocycles. The lowest BCUT2D eigenvalue weighted by molar-refractivity contribution is -0.113. The van der Waals surface area contributed by atoms with Crippen molar-refractivity contribution in [2.24, 2.45) is 0 Å². The van der Waals surface area contributed by atoms with Crippen LogP contribution in [0.1, 0.15) is 12.8 Å². The van der Waals surface area contributed by atoms with Gasteiger partial charge in [0.15, 0.2) is 0 Å². The molecule has 0 aliphatic carbocycles. The molecule has 0 spiro atoms. The van der Waals surface area contributed by atoms with Crippen molar-refractivity contribution >= 4 is 55.8 Å². The molecule has 0 aliphatic heterocycles. The van der Waals surface area contributed by atoms with Crippen LogP contribution in [0.5, 0.6) is 0 Å². The van der Waals surface area contributed by atoms with Crippen LogP contribution < -0.4 is 0 Å². The van der Waals surface area contributed by atoms with Crippen LogP contribution in [0.15, 0.2) is 0 Å². The SMILES string of the molecule is O=C(Cl)CCC(C(C(=O)Cl)S(=O)[O-])S(=O)[O-]. The van der Waals surface area contributed by atoms with Gasteiger partial charge in [0.2, 0.25) is 10.5 Å². The maximum Gasteiger partial charge on any atom is 0.237 e. The average molecular weight is 309 g/mol. The average Bonchev–Trinajstić information content (AvgIpc) is 2.09. The fraction of sp³-hybridized carbons (Fsp3) is 0.667. The molecule has 0 aromatic rings. The fourth-order valence-corrected chi connectivity index (χ4v) is 3.22. The maximum atomic E-state index is 10.8. The van der Waals surface area contributed by atoms with Crippen molar-refractivity contribution in [3.8, 4) is 0 Å². The molecule has 0 radical (unpaired) electrons. The van der Waals surface area contributed by atoms with Crippen molar-refractivity contribution in [2.75, 3.05) is 0 Å². The molecule has 16 heavy (non-hydrogen) atoms. The topological polar surface area (TPSA) is 114 Å². The summed E-state index contributed by atoms with van der Waals surface area (Å²) < 4.78 is 42.7. The molecule has 0 saturated heterocycles. The lowest BCUT2D eigenvalue weighted by atomic mass is 10.2. The monoisotopic (exact) mass is 308 g/mol. The molecule has 0 aliphatic rings. The molecular formula is C6H6Cl2O6S2-2. The van der Waals surface area contributed by atoms with Crippen LogP contribution in [-0.4, -0.2) is 38.5 Å². The first kappa shape index (κ1) is 16.1. The Bertz CT molecular complexity index is 319. The van der Waals surface area contributed by atoms with Gasteiger partial charge < -0.3 is 9.11 Å². The van der Waals surface area contributed by atoms with Crippen molar-refractivity contribution in [2.45, 2.75) is 23.3 Å². The van der Waals surface area contributed by atoms with Gasteiger partial charge in [-0.3, -0.25) is 18.0 Å². The quantitative estimate of drug-likeness (QED) is 0.475. The first-order chi connectivity index (χ1) is 7.27. The van der Waals surface area contributed by atoms with Crippen LogP contribution in [0.2, 0.25) is 0 Å². The van der Waals surface area contributed by atoms with Crippen molar-refractivity contribution in [1.82, 2.24) is 0 Å². The molecule has 4 atom stereocenters. The number of rotatable bonds is 7. The molecule has 0 saturated carbocycles. The van der Waals surface area contributed by atoms with E-state index in [4.69, 9.17) is 23.2 Å². The second kappa shape index (κ2) is 7.46. The van der Waals surface area contributed by atoms with E-state index >= 15 is 0 Å². The van der Waals surface area contributed by atoms with Crippen LogP contribution in [0.25, 0.3) is 0 Å². The number of carbonyl (C=O) groups is 2. The first-order valence-electron chi connectivity index (χ1n) is 3.81. The normalized spacial score (nSPS) is 18.5. The van der Waals surface area contributed by atoms with Gasteiger partial charge >= 0.3 is 0 Å². The van der Waals surface area contributed by atoms with Gasteiger partial charge in [0.05, 0.1) is 0 Å². The van der Waals surface area contributed by atoms with E-state index < -0.39 is 43.1 Å². The maximum absolute atomic E-state index is 10.8. The minimum atomic E-state index is -2.98. The Kier molecular flexibility index (Phi) is 7.53. The van der Waals surface area contributed by atoms with Gasteiger partial charge in [0.25, 0.3) is 0 Å². The van der Waals surface area contributed by atoms with E-state index in [-0.39, 0.29) is 12.8 Å². The standard InChI is InChI=1S/C6H8Cl2O6S2/c7-4(9)2-1-3(15(11)12)5(6(8)10)16(13)14/h3,5H,1-2H2,(H,11,12)(H,13,14)/p-2. The van der Waals surface area contributed by atoms with Gasteiger partial charge in [0, 0.05) is 11.7 Å². The van der Waals surface area contributed by atoms with E-state index in [1.807, 2.05) is 0 Å². The predicted octanol–water partition coefficient (Wildman–Crippen LogP) is -0.207. The van der Waals surface area contributed by atoms with Gasteiger partial charge in [-0.25, -0.2) is 0 Å². The van der Waals surface area contributed by atoms with Crippen LogP contribution >= 0.6 is 23.2 Å². The number of hydrogen-bond acceptors (Lipinski definition) is 6. The number of carbonyl (C=O) groups excluding carboxylic acids is 2. The van der Waals surface area contributed by atoms with Crippen LogP contribution in [-0.2, 0) is 31.7 Å². The van der Waals surface area contributed by atoms with Crippen molar-refractivity contribution in [3.63, 3.8) is 0 Å². The zero-order chi connectivity index (χ0) is 12.9. The molecule has 94 valence electrons. The summed E-state index contributed by atoms with van der Waals surface area (Å²) in [6.07, 6.45) is -0.742. The summed E-state index contributed by atoms with van der Waals surface area (Å²) in [5.41, 5.74) is 0. The largest absolute Gasteiger partial charge is 0.772 e. The van der Waals surface area contributed by atoms with Gasteiger partial charge in [-0.05, 0) is 40.7 Å². The molecule has 0 heterocycles. The summed E-state index contributed by atoms with van der Waals surface area (Å²) in [4.78, 5) is 21.2. The Morgan fingerprint density at radius 2 is 1.62 bits per heavy atom. The molecule has 0 amide bonds. The zero-order valence-corrected chi connectivity index (χ0v) is 10.7. The molecule has 0 bridgehead atoms. The van der Waals surface area contributed by atoms with Crippen molar-refractivity contribution in [1.29, 1.82) is 0 Å². The van der Waals surface area contributed by atoms with E-state index in [0.717, 1.165) is 0 Å². The smallest absolute Gasteiger partial charge is 0.237 e. The molecule has 0 aromatic carbocycles. The molecule has 0 fully saturated rings.